The largest absolute Gasteiger partial charge is 0.494 e. The Kier molecular flexibility index (Phi) is 7.84. The van der Waals surface area contributed by atoms with Crippen LogP contribution in [0.3, 0.4) is 0 Å². The minimum absolute atomic E-state index is 0.0194. The van der Waals surface area contributed by atoms with E-state index in [4.69, 9.17) is 9.47 Å². The average molecular weight is 433 g/mol. The molecule has 162 valence electrons. The van der Waals surface area contributed by atoms with Gasteiger partial charge in [-0.15, -0.1) is 0 Å². The third-order valence-corrected chi connectivity index (χ3v) is 6.36. The fraction of sp³-hybridized carbons (Fsp3) is 0.409. The number of hydrogen-bond acceptors (Lipinski definition) is 5. The molecular weight excluding hydrogens is 404 g/mol. The predicted molar refractivity (Wildman–Crippen MR) is 114 cm³/mol. The first-order valence-corrected chi connectivity index (χ1v) is 11.6. The average Bonchev–Trinajstić information content (AvgIpc) is 3.26. The van der Waals surface area contributed by atoms with Crippen molar-refractivity contribution in [2.75, 3.05) is 19.8 Å². The smallest absolute Gasteiger partial charge is 0.241 e. The number of ether oxygens (including phenoxy) is 2. The van der Waals surface area contributed by atoms with Crippen molar-refractivity contribution >= 4 is 15.9 Å². The van der Waals surface area contributed by atoms with E-state index in [0.29, 0.717) is 25.5 Å². The number of sulfonamides is 1. The maximum absolute atomic E-state index is 12.9. The van der Waals surface area contributed by atoms with Gasteiger partial charge in [0.05, 0.1) is 17.6 Å². The fourth-order valence-electron chi connectivity index (χ4n) is 3.32. The van der Waals surface area contributed by atoms with E-state index in [1.54, 1.807) is 12.1 Å². The summed E-state index contributed by atoms with van der Waals surface area (Å²) in [5.41, 5.74) is 0.865. The Bertz CT molecular complexity index is 910. The van der Waals surface area contributed by atoms with E-state index in [2.05, 4.69) is 10.0 Å². The zero-order chi connectivity index (χ0) is 21.4. The van der Waals surface area contributed by atoms with Crippen LogP contribution in [0.2, 0.25) is 0 Å². The van der Waals surface area contributed by atoms with Crippen molar-refractivity contribution in [2.45, 2.75) is 43.2 Å². The molecule has 0 aromatic heterocycles. The fourth-order valence-corrected chi connectivity index (χ4v) is 4.51. The lowest BCUT2D eigenvalue weighted by molar-refractivity contribution is -0.123. The van der Waals surface area contributed by atoms with Gasteiger partial charge in [0.2, 0.25) is 15.9 Å². The summed E-state index contributed by atoms with van der Waals surface area (Å²) < 4.78 is 39.3. The minimum atomic E-state index is -3.89. The van der Waals surface area contributed by atoms with E-state index >= 15 is 0 Å². The molecule has 7 nitrogen and oxygen atoms in total. The maximum Gasteiger partial charge on any atom is 0.241 e. The van der Waals surface area contributed by atoms with E-state index in [1.807, 2.05) is 37.3 Å². The number of carbonyl (C=O) groups is 1. The molecule has 30 heavy (non-hydrogen) atoms. The number of benzene rings is 2. The van der Waals surface area contributed by atoms with Gasteiger partial charge in [0.1, 0.15) is 11.8 Å². The zero-order valence-electron chi connectivity index (χ0n) is 17.0. The van der Waals surface area contributed by atoms with Crippen molar-refractivity contribution in [2.24, 2.45) is 0 Å². The molecule has 1 saturated heterocycles. The third kappa shape index (κ3) is 6.29. The third-order valence-electron chi connectivity index (χ3n) is 4.87. The minimum Gasteiger partial charge on any atom is -0.494 e. The lowest BCUT2D eigenvalue weighted by Gasteiger charge is -2.20. The van der Waals surface area contributed by atoms with Crippen molar-refractivity contribution < 1.29 is 22.7 Å². The molecule has 2 aromatic carbocycles. The molecule has 1 aliphatic rings. The van der Waals surface area contributed by atoms with Crippen molar-refractivity contribution in [3.63, 3.8) is 0 Å². The highest BCUT2D eigenvalue weighted by atomic mass is 32.2. The van der Waals surface area contributed by atoms with E-state index < -0.39 is 16.1 Å². The van der Waals surface area contributed by atoms with Crippen LogP contribution in [0.4, 0.5) is 0 Å². The van der Waals surface area contributed by atoms with Crippen molar-refractivity contribution in [3.8, 4) is 5.75 Å². The molecule has 0 radical (unpaired) electrons. The number of carbonyl (C=O) groups excluding carboxylic acids is 1. The van der Waals surface area contributed by atoms with Gasteiger partial charge in [-0.2, -0.15) is 4.72 Å². The molecule has 0 spiro atoms. The van der Waals surface area contributed by atoms with Gasteiger partial charge in [-0.1, -0.05) is 30.3 Å². The quantitative estimate of drug-likeness (QED) is 0.601. The van der Waals surface area contributed by atoms with Crippen LogP contribution < -0.4 is 14.8 Å². The molecule has 2 unspecified atom stereocenters. The van der Waals surface area contributed by atoms with Gasteiger partial charge in [-0.05, 0) is 56.0 Å². The van der Waals surface area contributed by atoms with Crippen molar-refractivity contribution in [1.82, 2.24) is 10.0 Å². The molecule has 2 atom stereocenters. The Labute approximate surface area is 177 Å². The lowest BCUT2D eigenvalue weighted by Crippen LogP contribution is -2.49. The van der Waals surface area contributed by atoms with E-state index in [1.165, 1.54) is 12.1 Å². The second kappa shape index (κ2) is 10.6. The molecule has 1 amide bonds. The molecule has 3 rings (SSSR count). The summed E-state index contributed by atoms with van der Waals surface area (Å²) in [4.78, 5) is 12.9. The van der Waals surface area contributed by atoms with Crippen LogP contribution in [0.5, 0.6) is 5.75 Å². The van der Waals surface area contributed by atoms with Crippen LogP contribution in [0.15, 0.2) is 59.5 Å². The van der Waals surface area contributed by atoms with E-state index in [0.717, 1.165) is 18.4 Å². The molecule has 2 aromatic rings. The highest BCUT2D eigenvalue weighted by Crippen LogP contribution is 2.17. The molecule has 1 aliphatic heterocycles. The molecular formula is C22H28N2O5S. The first kappa shape index (κ1) is 22.3. The Morgan fingerprint density at radius 2 is 1.90 bits per heavy atom. The van der Waals surface area contributed by atoms with Crippen LogP contribution in [0.25, 0.3) is 0 Å². The van der Waals surface area contributed by atoms with Gasteiger partial charge < -0.3 is 14.8 Å². The van der Waals surface area contributed by atoms with E-state index in [-0.39, 0.29) is 23.3 Å². The number of rotatable bonds is 10. The second-order valence-electron chi connectivity index (χ2n) is 7.15. The highest BCUT2D eigenvalue weighted by molar-refractivity contribution is 7.89. The summed E-state index contributed by atoms with van der Waals surface area (Å²) in [5.74, 6) is 0.218. The van der Waals surface area contributed by atoms with E-state index in [9.17, 15) is 13.2 Å². The van der Waals surface area contributed by atoms with Crippen LogP contribution in [-0.2, 0) is 26.0 Å². The Morgan fingerprint density at radius 3 is 2.53 bits per heavy atom. The SMILES string of the molecule is CCOc1ccc(S(=O)(=O)NC(Cc2ccccc2)C(=O)NCC2CCCO2)cc1. The molecule has 0 saturated carbocycles. The van der Waals surface area contributed by atoms with Crippen molar-refractivity contribution in [1.29, 1.82) is 0 Å². The first-order chi connectivity index (χ1) is 14.5. The van der Waals surface area contributed by atoms with Gasteiger partial charge in [-0.3, -0.25) is 4.79 Å². The summed E-state index contributed by atoms with van der Waals surface area (Å²) in [5, 5.41) is 2.83. The Balaban J connectivity index is 1.73. The number of nitrogens with one attached hydrogen (secondary N) is 2. The number of amides is 1. The monoisotopic (exact) mass is 432 g/mol. The van der Waals surface area contributed by atoms with Gasteiger partial charge in [0.25, 0.3) is 0 Å². The van der Waals surface area contributed by atoms with Crippen LogP contribution >= 0.6 is 0 Å². The maximum atomic E-state index is 12.9. The highest BCUT2D eigenvalue weighted by Gasteiger charge is 2.27. The molecule has 1 heterocycles. The van der Waals surface area contributed by atoms with Gasteiger partial charge >= 0.3 is 0 Å². The summed E-state index contributed by atoms with van der Waals surface area (Å²) in [6, 6.07) is 14.5. The standard InChI is InChI=1S/C22H28N2O5S/c1-2-28-18-10-12-20(13-11-18)30(26,27)24-21(15-17-7-4-3-5-8-17)22(25)23-16-19-9-6-14-29-19/h3-5,7-8,10-13,19,21,24H,2,6,9,14-16H2,1H3,(H,23,25). The molecule has 8 heteroatoms. The summed E-state index contributed by atoms with van der Waals surface area (Å²) in [6.45, 7) is 3.41. The summed E-state index contributed by atoms with van der Waals surface area (Å²) in [6.07, 6.45) is 2.09. The topological polar surface area (TPSA) is 93.7 Å². The number of hydrogen-bond donors (Lipinski definition) is 2. The summed E-state index contributed by atoms with van der Waals surface area (Å²) >= 11 is 0. The van der Waals surface area contributed by atoms with Crippen LogP contribution in [0, 0.1) is 0 Å². The Hall–Kier alpha value is -2.42. The lowest BCUT2D eigenvalue weighted by atomic mass is 10.1. The first-order valence-electron chi connectivity index (χ1n) is 10.2. The molecule has 2 N–H and O–H groups in total. The van der Waals surface area contributed by atoms with Gasteiger partial charge in [-0.25, -0.2) is 8.42 Å². The van der Waals surface area contributed by atoms with Crippen LogP contribution in [0.1, 0.15) is 25.3 Å². The predicted octanol–water partition coefficient (Wildman–Crippen LogP) is 2.27. The Morgan fingerprint density at radius 1 is 1.17 bits per heavy atom. The van der Waals surface area contributed by atoms with Crippen LogP contribution in [-0.4, -0.2) is 46.2 Å². The molecule has 1 fully saturated rings. The zero-order valence-corrected chi connectivity index (χ0v) is 17.9. The molecule has 0 aliphatic carbocycles. The van der Waals surface area contributed by atoms with Crippen molar-refractivity contribution in [3.05, 3.63) is 60.2 Å². The molecule has 0 bridgehead atoms. The normalized spacial score (nSPS) is 17.4. The van der Waals surface area contributed by atoms with Gasteiger partial charge in [0.15, 0.2) is 0 Å². The summed E-state index contributed by atoms with van der Waals surface area (Å²) in [7, 11) is -3.89. The second-order valence-corrected chi connectivity index (χ2v) is 8.86. The van der Waals surface area contributed by atoms with Gasteiger partial charge in [0, 0.05) is 13.2 Å².